The van der Waals surface area contributed by atoms with E-state index in [1.54, 1.807) is 48.4 Å². The summed E-state index contributed by atoms with van der Waals surface area (Å²) in [5.74, 6) is -5.45. The molecule has 0 N–H and O–H groups in total. The van der Waals surface area contributed by atoms with Gasteiger partial charge in [0, 0.05) is 101 Å². The summed E-state index contributed by atoms with van der Waals surface area (Å²) >= 11 is 0. The van der Waals surface area contributed by atoms with Crippen LogP contribution in [0.1, 0.15) is 218 Å². The van der Waals surface area contributed by atoms with Crippen LogP contribution in [0, 0.1) is 11.8 Å². The molecule has 4 aromatic carbocycles. The molecule has 100 heavy (non-hydrogen) atoms. The summed E-state index contributed by atoms with van der Waals surface area (Å²) in [6, 6.07) is 28.2. The van der Waals surface area contributed by atoms with Crippen molar-refractivity contribution in [3.05, 3.63) is 132 Å². The quantitative estimate of drug-likeness (QED) is 0.0182. The fourth-order valence-corrected chi connectivity index (χ4v) is 11.8. The van der Waals surface area contributed by atoms with Gasteiger partial charge in [0.25, 0.3) is 0 Å². The molecule has 0 fully saturated rings. The maximum atomic E-state index is 13.1. The number of hydrogen-bond donors (Lipinski definition) is 0. The number of ketones is 2. The number of hydrogen-bond acceptors (Lipinski definition) is 12. The SMILES string of the molecule is C=CCCCCCC(=O)C(C)CCCC(F)(F)C(F)(F)F.C=CC[C@@H]1c2ccc(OCOC)cc2OC[C@]1(C)c1ccc(OCOC)cc1.CC.CC.COCOc1ccc([C@@]2(C)COc3cc(OCOC)ccc3[C@H]2CCCCCCCCC(=O)C(C)CCCC(F)(F)C(F)(F)F)cc1. The summed E-state index contributed by atoms with van der Waals surface area (Å²) in [5.41, 5.74) is 4.20. The normalized spacial score (nSPS) is 17.7. The lowest BCUT2D eigenvalue weighted by Gasteiger charge is -2.43. The average Bonchev–Trinajstić information content (AvgIpc) is 0.760. The van der Waals surface area contributed by atoms with Crippen LogP contribution in [0.4, 0.5) is 43.9 Å². The van der Waals surface area contributed by atoms with Crippen LogP contribution >= 0.6 is 0 Å². The first-order valence-corrected chi connectivity index (χ1v) is 34.9. The summed E-state index contributed by atoms with van der Waals surface area (Å²) in [6.07, 6.45) is 1.10. The first-order chi connectivity index (χ1) is 47.6. The molecule has 0 aromatic heterocycles. The van der Waals surface area contributed by atoms with Crippen LogP contribution in [0.3, 0.4) is 0 Å². The molecule has 22 heteroatoms. The molecule has 0 amide bonds. The Morgan fingerprint density at radius 1 is 0.480 bits per heavy atom. The van der Waals surface area contributed by atoms with E-state index in [1.807, 2.05) is 82.3 Å². The van der Waals surface area contributed by atoms with Crippen molar-refractivity contribution in [2.24, 2.45) is 11.8 Å². The highest BCUT2D eigenvalue weighted by Gasteiger charge is 2.57. The number of halogens is 10. The zero-order chi connectivity index (χ0) is 75.0. The van der Waals surface area contributed by atoms with Crippen LogP contribution in [0.15, 0.2) is 110 Å². The van der Waals surface area contributed by atoms with Crippen molar-refractivity contribution < 1.29 is 101 Å². The Hall–Kier alpha value is -6.36. The fraction of sp³-hybridized carbons (Fsp3) is 0.615. The highest BCUT2D eigenvalue weighted by molar-refractivity contribution is 5.81. The Labute approximate surface area is 588 Å². The largest absolute Gasteiger partial charge is 0.492 e. The minimum absolute atomic E-state index is 0.0337. The second-order valence-electron chi connectivity index (χ2n) is 25.2. The molecule has 0 spiro atoms. The van der Waals surface area contributed by atoms with E-state index in [1.165, 1.54) is 5.56 Å². The number of fused-ring (bicyclic) bond motifs is 2. The highest BCUT2D eigenvalue weighted by Crippen LogP contribution is 2.52. The number of benzene rings is 4. The maximum absolute atomic E-state index is 13.1. The van der Waals surface area contributed by atoms with Gasteiger partial charge in [-0.15, -0.1) is 13.2 Å². The number of carbonyl (C=O) groups is 2. The number of unbranched alkanes of at least 4 members (excludes halogenated alkanes) is 8. The number of allylic oxidation sites excluding steroid dienone is 2. The molecule has 12 nitrogen and oxygen atoms in total. The summed E-state index contributed by atoms with van der Waals surface area (Å²) in [4.78, 5) is 24.1. The van der Waals surface area contributed by atoms with Gasteiger partial charge in [-0.2, -0.15) is 43.9 Å². The van der Waals surface area contributed by atoms with Crippen LogP contribution in [-0.2, 0) is 39.4 Å². The molecule has 2 aliphatic heterocycles. The molecule has 566 valence electrons. The molecule has 0 radical (unpaired) electrons. The van der Waals surface area contributed by atoms with Crippen molar-refractivity contribution in [1.82, 2.24) is 0 Å². The van der Waals surface area contributed by atoms with Crippen LogP contribution < -0.4 is 28.4 Å². The van der Waals surface area contributed by atoms with E-state index >= 15 is 0 Å². The Balaban J connectivity index is 0.000000544. The van der Waals surface area contributed by atoms with Gasteiger partial charge in [0.15, 0.2) is 27.2 Å². The van der Waals surface area contributed by atoms with Crippen LogP contribution in [-0.4, -0.2) is 105 Å². The molecular formula is C78H112F10O12. The molecule has 0 saturated carbocycles. The van der Waals surface area contributed by atoms with E-state index in [4.69, 9.17) is 47.4 Å². The van der Waals surface area contributed by atoms with Crippen molar-refractivity contribution in [2.75, 3.05) is 68.8 Å². The summed E-state index contributed by atoms with van der Waals surface area (Å²) in [7, 11) is 6.37. The van der Waals surface area contributed by atoms with E-state index in [0.29, 0.717) is 38.2 Å². The van der Waals surface area contributed by atoms with E-state index in [9.17, 15) is 53.5 Å². The lowest BCUT2D eigenvalue weighted by molar-refractivity contribution is -0.284. The average molecular weight is 1430 g/mol. The predicted molar refractivity (Wildman–Crippen MR) is 373 cm³/mol. The van der Waals surface area contributed by atoms with Gasteiger partial charge in [-0.05, 0) is 123 Å². The predicted octanol–water partition coefficient (Wildman–Crippen LogP) is 22.2. The summed E-state index contributed by atoms with van der Waals surface area (Å²) < 4.78 is 179. The van der Waals surface area contributed by atoms with E-state index in [-0.39, 0.29) is 87.1 Å². The van der Waals surface area contributed by atoms with Crippen molar-refractivity contribution >= 4 is 11.6 Å². The van der Waals surface area contributed by atoms with Gasteiger partial charge >= 0.3 is 24.2 Å². The highest BCUT2D eigenvalue weighted by atomic mass is 19.4. The number of ether oxygens (including phenoxy) is 10. The van der Waals surface area contributed by atoms with Gasteiger partial charge in [0.2, 0.25) is 0 Å². The molecule has 0 bridgehead atoms. The molecule has 2 unspecified atom stereocenters. The first-order valence-electron chi connectivity index (χ1n) is 34.9. The molecule has 4 aromatic rings. The van der Waals surface area contributed by atoms with Gasteiger partial charge in [-0.1, -0.05) is 142 Å². The third-order valence-corrected chi connectivity index (χ3v) is 17.8. The molecule has 6 rings (SSSR count). The van der Waals surface area contributed by atoms with Crippen molar-refractivity contribution in [3.8, 4) is 34.5 Å². The van der Waals surface area contributed by atoms with Crippen LogP contribution in [0.5, 0.6) is 34.5 Å². The minimum Gasteiger partial charge on any atom is -0.492 e. The van der Waals surface area contributed by atoms with Gasteiger partial charge in [-0.25, -0.2) is 0 Å². The zero-order valence-corrected chi connectivity index (χ0v) is 61.0. The lowest BCUT2D eigenvalue weighted by atomic mass is 9.66. The molecule has 0 saturated heterocycles. The zero-order valence-electron chi connectivity index (χ0n) is 61.0. The van der Waals surface area contributed by atoms with E-state index < -0.39 is 48.9 Å². The fourth-order valence-electron chi connectivity index (χ4n) is 11.8. The number of Topliss-reactive ketones (excluding diaryl/α,β-unsaturated/α-hetero) is 2. The van der Waals surface area contributed by atoms with Crippen molar-refractivity contribution in [3.63, 3.8) is 0 Å². The Morgan fingerprint density at radius 3 is 1.19 bits per heavy atom. The number of carbonyl (C=O) groups excluding carboxylic acids is 2. The first kappa shape index (κ1) is 89.7. The summed E-state index contributed by atoms with van der Waals surface area (Å²) in [5, 5.41) is 0. The monoisotopic (exact) mass is 1430 g/mol. The Kier molecular flexibility index (Phi) is 41.5. The van der Waals surface area contributed by atoms with Gasteiger partial charge in [0.05, 0.1) is 13.2 Å². The van der Waals surface area contributed by atoms with E-state index in [0.717, 1.165) is 116 Å². The van der Waals surface area contributed by atoms with E-state index in [2.05, 4.69) is 63.4 Å². The third-order valence-electron chi connectivity index (χ3n) is 17.8. The number of rotatable bonds is 41. The van der Waals surface area contributed by atoms with Crippen molar-refractivity contribution in [1.29, 1.82) is 0 Å². The van der Waals surface area contributed by atoms with Gasteiger partial charge < -0.3 is 47.4 Å². The maximum Gasteiger partial charge on any atom is 0.453 e. The Morgan fingerprint density at radius 2 is 0.820 bits per heavy atom. The minimum atomic E-state index is -5.55. The lowest BCUT2D eigenvalue weighted by Crippen LogP contribution is -2.40. The molecule has 2 aliphatic rings. The van der Waals surface area contributed by atoms with Gasteiger partial charge in [-0.3, -0.25) is 9.59 Å². The van der Waals surface area contributed by atoms with Crippen LogP contribution in [0.2, 0.25) is 0 Å². The molecule has 6 atom stereocenters. The summed E-state index contributed by atoms with van der Waals surface area (Å²) in [6.45, 7) is 25.1. The second kappa shape index (κ2) is 46.3. The van der Waals surface area contributed by atoms with Crippen molar-refractivity contribution in [2.45, 2.75) is 231 Å². The Bertz CT molecular complexity index is 2920. The third kappa shape index (κ3) is 29.2. The van der Waals surface area contributed by atoms with Gasteiger partial charge in [0.1, 0.15) is 46.1 Å². The van der Waals surface area contributed by atoms with Crippen LogP contribution in [0.25, 0.3) is 0 Å². The standard InChI is InChI=1S/C36H49F5O6.C23H28O5.C15H23F5O.2C2H6/c1-26(12-11-21-35(37,38)36(39,40)41)32(42)14-10-8-6-5-7-9-13-31-30-20-19-29(47-25-44-4)22-33(30)45-23-34(31,2)27-15-17-28(18-16-27)46-24-43-3;1-5-6-21-20-12-11-19(28-16-25-4)13-22(20)26-14-23(21,2)17-7-9-18(10-8-17)27-15-24-3;1-3-4-5-6-7-10-13(21)12(2)9-8-11-14(16,17)15(18,19)20;2*1-2/h15-20,22,26,31H,5-14,21,23-25H2,1-4H3;5,7-13,21H,1,6,14-16H2,2-4H3;3,12H,1,4-11H2,2H3;2*1-2H3/t26?,31-,34-;21-,23-;;;/m11.../s1. The molecule has 2 heterocycles. The molecule has 0 aliphatic carbocycles. The second-order valence-corrected chi connectivity index (χ2v) is 25.2. The molecular weight excluding hydrogens is 1320 g/mol. The smallest absolute Gasteiger partial charge is 0.453 e. The topological polar surface area (TPSA) is 126 Å². The number of alkyl halides is 10. The number of methoxy groups -OCH3 is 4.